The minimum atomic E-state index is 0.247. The zero-order valence-corrected chi connectivity index (χ0v) is 12.5. The summed E-state index contributed by atoms with van der Waals surface area (Å²) < 4.78 is 5.53. The van der Waals surface area contributed by atoms with Crippen molar-refractivity contribution in [3.63, 3.8) is 0 Å². The molecule has 1 aliphatic heterocycles. The van der Waals surface area contributed by atoms with Crippen molar-refractivity contribution in [3.8, 4) is 0 Å². The minimum absolute atomic E-state index is 0.247. The lowest BCUT2D eigenvalue weighted by atomic mass is 9.86. The molecule has 6 nitrogen and oxygen atoms in total. The monoisotopic (exact) mass is 279 g/mol. The van der Waals surface area contributed by atoms with Crippen LogP contribution in [0.1, 0.15) is 49.4 Å². The second-order valence-electron chi connectivity index (χ2n) is 6.36. The predicted molar refractivity (Wildman–Crippen MR) is 76.4 cm³/mol. The first kappa shape index (κ1) is 14.0. The first-order valence-corrected chi connectivity index (χ1v) is 7.61. The third kappa shape index (κ3) is 2.87. The van der Waals surface area contributed by atoms with Crippen LogP contribution in [-0.4, -0.2) is 59.7 Å². The fourth-order valence-electron chi connectivity index (χ4n) is 3.20. The van der Waals surface area contributed by atoms with Gasteiger partial charge in [0.05, 0.1) is 6.04 Å². The average Bonchev–Trinajstić information content (AvgIpc) is 2.92. The average molecular weight is 279 g/mol. The Hall–Kier alpha value is -0.980. The van der Waals surface area contributed by atoms with Crippen molar-refractivity contribution in [2.75, 3.05) is 33.7 Å². The van der Waals surface area contributed by atoms with Crippen molar-refractivity contribution in [1.82, 2.24) is 19.9 Å². The van der Waals surface area contributed by atoms with Crippen molar-refractivity contribution in [3.05, 3.63) is 11.7 Å². The number of nitrogens with zero attached hydrogens (tertiary/aromatic N) is 4. The molecule has 1 aliphatic carbocycles. The Morgan fingerprint density at radius 3 is 2.65 bits per heavy atom. The van der Waals surface area contributed by atoms with Crippen LogP contribution in [0.15, 0.2) is 4.52 Å². The summed E-state index contributed by atoms with van der Waals surface area (Å²) in [7, 11) is 4.27. The van der Waals surface area contributed by atoms with Crippen LogP contribution in [-0.2, 0) is 0 Å². The Bertz CT molecular complexity index is 441. The van der Waals surface area contributed by atoms with E-state index in [1.165, 1.54) is 0 Å². The maximum atomic E-state index is 5.95. The lowest BCUT2D eigenvalue weighted by Crippen LogP contribution is -2.45. The number of hydrogen-bond donors (Lipinski definition) is 1. The maximum absolute atomic E-state index is 5.95. The number of piperazine rings is 1. The van der Waals surface area contributed by atoms with Gasteiger partial charge >= 0.3 is 0 Å². The second kappa shape index (κ2) is 5.79. The predicted octanol–water partition coefficient (Wildman–Crippen LogP) is 0.973. The summed E-state index contributed by atoms with van der Waals surface area (Å²) in [6.07, 6.45) is 4.27. The highest BCUT2D eigenvalue weighted by atomic mass is 16.5. The largest absolute Gasteiger partial charge is 0.339 e. The van der Waals surface area contributed by atoms with Gasteiger partial charge in [0.2, 0.25) is 5.89 Å². The summed E-state index contributed by atoms with van der Waals surface area (Å²) in [6.45, 7) is 3.10. The molecule has 2 aliphatic rings. The molecule has 2 N–H and O–H groups in total. The molecule has 2 fully saturated rings. The van der Waals surface area contributed by atoms with Gasteiger partial charge < -0.3 is 15.2 Å². The van der Waals surface area contributed by atoms with Gasteiger partial charge in [-0.2, -0.15) is 4.98 Å². The SMILES string of the molecule is CN1CCN(C)C(c2noc(C3CCC(N)CC3)n2)C1. The lowest BCUT2D eigenvalue weighted by molar-refractivity contribution is 0.108. The van der Waals surface area contributed by atoms with Gasteiger partial charge in [0.25, 0.3) is 0 Å². The van der Waals surface area contributed by atoms with E-state index in [1.54, 1.807) is 0 Å². The van der Waals surface area contributed by atoms with Crippen LogP contribution in [0.5, 0.6) is 0 Å². The van der Waals surface area contributed by atoms with E-state index in [2.05, 4.69) is 34.0 Å². The van der Waals surface area contributed by atoms with Gasteiger partial charge in [-0.15, -0.1) is 0 Å². The van der Waals surface area contributed by atoms with Gasteiger partial charge in [-0.3, -0.25) is 4.90 Å². The first-order valence-electron chi connectivity index (χ1n) is 7.61. The Kier molecular flexibility index (Phi) is 4.05. The Morgan fingerprint density at radius 1 is 1.15 bits per heavy atom. The molecule has 1 atom stereocenters. The van der Waals surface area contributed by atoms with E-state index in [-0.39, 0.29) is 6.04 Å². The molecule has 2 heterocycles. The molecular formula is C14H25N5O. The van der Waals surface area contributed by atoms with E-state index in [0.29, 0.717) is 12.0 Å². The fraction of sp³-hybridized carbons (Fsp3) is 0.857. The molecule has 0 aromatic carbocycles. The molecule has 1 unspecified atom stereocenters. The first-order chi connectivity index (χ1) is 9.63. The molecule has 20 heavy (non-hydrogen) atoms. The van der Waals surface area contributed by atoms with E-state index < -0.39 is 0 Å². The molecule has 0 bridgehead atoms. The van der Waals surface area contributed by atoms with Crippen LogP contribution in [0.25, 0.3) is 0 Å². The molecule has 1 aromatic rings. The van der Waals surface area contributed by atoms with Crippen molar-refractivity contribution in [2.24, 2.45) is 5.73 Å². The summed E-state index contributed by atoms with van der Waals surface area (Å²) >= 11 is 0. The van der Waals surface area contributed by atoms with E-state index in [4.69, 9.17) is 10.3 Å². The zero-order valence-electron chi connectivity index (χ0n) is 12.5. The summed E-state index contributed by atoms with van der Waals surface area (Å²) in [5, 5.41) is 4.23. The van der Waals surface area contributed by atoms with Gasteiger partial charge in [0.1, 0.15) is 0 Å². The Labute approximate surface area is 120 Å². The van der Waals surface area contributed by atoms with Crippen molar-refractivity contribution in [2.45, 2.75) is 43.7 Å². The van der Waals surface area contributed by atoms with E-state index in [1.807, 2.05) is 0 Å². The molecule has 1 aromatic heterocycles. The minimum Gasteiger partial charge on any atom is -0.339 e. The van der Waals surface area contributed by atoms with Crippen LogP contribution < -0.4 is 5.73 Å². The van der Waals surface area contributed by atoms with Crippen LogP contribution in [0.4, 0.5) is 0 Å². The summed E-state index contributed by atoms with van der Waals surface area (Å²) in [5.74, 6) is 2.06. The van der Waals surface area contributed by atoms with E-state index in [9.17, 15) is 0 Å². The molecule has 6 heteroatoms. The standard InChI is InChI=1S/C14H25N5O/c1-18-7-8-19(2)12(9-18)13-16-14(20-17-13)10-3-5-11(15)6-4-10/h10-12H,3-9,15H2,1-2H3. The van der Waals surface area contributed by atoms with Gasteiger partial charge in [-0.1, -0.05) is 5.16 Å². The summed E-state index contributed by atoms with van der Waals surface area (Å²) in [6, 6.07) is 0.601. The maximum Gasteiger partial charge on any atom is 0.229 e. The number of aromatic nitrogens is 2. The van der Waals surface area contributed by atoms with E-state index in [0.717, 1.165) is 57.0 Å². The topological polar surface area (TPSA) is 71.4 Å². The molecule has 0 radical (unpaired) electrons. The van der Waals surface area contributed by atoms with Gasteiger partial charge in [-0.05, 0) is 39.8 Å². The van der Waals surface area contributed by atoms with E-state index >= 15 is 0 Å². The van der Waals surface area contributed by atoms with Crippen molar-refractivity contribution in [1.29, 1.82) is 0 Å². The second-order valence-corrected chi connectivity index (χ2v) is 6.36. The number of hydrogen-bond acceptors (Lipinski definition) is 6. The molecule has 0 amide bonds. The quantitative estimate of drug-likeness (QED) is 0.870. The van der Waals surface area contributed by atoms with Crippen LogP contribution in [0.3, 0.4) is 0 Å². The van der Waals surface area contributed by atoms with Crippen molar-refractivity contribution >= 4 is 0 Å². The lowest BCUT2D eigenvalue weighted by Gasteiger charge is -2.35. The summed E-state index contributed by atoms with van der Waals surface area (Å²) in [4.78, 5) is 9.31. The number of rotatable bonds is 2. The Morgan fingerprint density at radius 2 is 1.90 bits per heavy atom. The molecular weight excluding hydrogens is 254 g/mol. The highest BCUT2D eigenvalue weighted by Crippen LogP contribution is 2.32. The smallest absolute Gasteiger partial charge is 0.229 e. The Balaban J connectivity index is 1.69. The number of likely N-dealkylation sites (N-methyl/N-ethyl adjacent to an activating group) is 2. The van der Waals surface area contributed by atoms with Crippen LogP contribution in [0, 0.1) is 0 Å². The molecule has 1 saturated heterocycles. The van der Waals surface area contributed by atoms with Crippen LogP contribution >= 0.6 is 0 Å². The highest BCUT2D eigenvalue weighted by Gasteiger charge is 2.30. The molecule has 3 rings (SSSR count). The fourth-order valence-corrected chi connectivity index (χ4v) is 3.20. The third-order valence-electron chi connectivity index (χ3n) is 4.73. The summed E-state index contributed by atoms with van der Waals surface area (Å²) in [5.41, 5.74) is 5.95. The van der Waals surface area contributed by atoms with Gasteiger partial charge in [-0.25, -0.2) is 0 Å². The molecule has 1 saturated carbocycles. The normalized spacial score (nSPS) is 33.5. The molecule has 0 spiro atoms. The van der Waals surface area contributed by atoms with Gasteiger partial charge in [0, 0.05) is 31.6 Å². The van der Waals surface area contributed by atoms with Crippen molar-refractivity contribution < 1.29 is 4.52 Å². The molecule has 112 valence electrons. The highest BCUT2D eigenvalue weighted by molar-refractivity contribution is 5.02. The van der Waals surface area contributed by atoms with Crippen LogP contribution in [0.2, 0.25) is 0 Å². The number of nitrogens with two attached hydrogens (primary N) is 1. The zero-order chi connectivity index (χ0) is 14.1. The third-order valence-corrected chi connectivity index (χ3v) is 4.73. The van der Waals surface area contributed by atoms with Gasteiger partial charge in [0.15, 0.2) is 5.82 Å².